The summed E-state index contributed by atoms with van der Waals surface area (Å²) in [6, 6.07) is 0. The van der Waals surface area contributed by atoms with Gasteiger partial charge < -0.3 is 10.1 Å². The number of nitrogens with one attached hydrogen (secondary N) is 1. The summed E-state index contributed by atoms with van der Waals surface area (Å²) in [5.41, 5.74) is -0.791. The lowest BCUT2D eigenvalue weighted by Gasteiger charge is -2.04. The largest absolute Gasteiger partial charge is 0.465 e. The van der Waals surface area contributed by atoms with E-state index in [0.717, 1.165) is 24.6 Å². The van der Waals surface area contributed by atoms with Crippen molar-refractivity contribution in [3.63, 3.8) is 0 Å². The normalized spacial score (nSPS) is 11.2. The molecule has 21 heavy (non-hydrogen) atoms. The van der Waals surface area contributed by atoms with E-state index in [1.807, 2.05) is 6.92 Å². The van der Waals surface area contributed by atoms with Crippen molar-refractivity contribution in [2.75, 3.05) is 13.7 Å². The average Bonchev–Trinajstić information content (AvgIpc) is 2.75. The summed E-state index contributed by atoms with van der Waals surface area (Å²) in [6.45, 7) is 2.34. The van der Waals surface area contributed by atoms with E-state index in [1.165, 1.54) is 7.05 Å². The summed E-state index contributed by atoms with van der Waals surface area (Å²) in [4.78, 5) is 23.8. The molecule has 3 N–H and O–H groups in total. The van der Waals surface area contributed by atoms with Crippen LogP contribution in [0.15, 0.2) is 5.03 Å². The van der Waals surface area contributed by atoms with Crippen LogP contribution in [-0.2, 0) is 21.8 Å². The second-order valence-corrected chi connectivity index (χ2v) is 5.78. The second kappa shape index (κ2) is 6.68. The van der Waals surface area contributed by atoms with E-state index < -0.39 is 32.5 Å². The number of hydrogen-bond donors (Lipinski definition) is 2. The van der Waals surface area contributed by atoms with E-state index >= 15 is 0 Å². The molecule has 9 nitrogen and oxygen atoms in total. The molecule has 1 aromatic rings. The lowest BCUT2D eigenvalue weighted by Crippen LogP contribution is -2.27. The predicted octanol–water partition coefficient (Wildman–Crippen LogP) is -0.616. The van der Waals surface area contributed by atoms with Gasteiger partial charge in [0.2, 0.25) is 0 Å². The standard InChI is InChI=1S/C11H18N4O5S/c1-4-5-6-13-9(16)8-7(11(17)20-3)10(15(2)14-8)21(12,18)19/h4-6H2,1-3H3,(H,13,16)(H2,12,18,19). The number of hydrogen-bond acceptors (Lipinski definition) is 6. The van der Waals surface area contributed by atoms with Crippen molar-refractivity contribution in [1.29, 1.82) is 0 Å². The number of sulfonamides is 1. The number of ether oxygens (including phenoxy) is 1. The van der Waals surface area contributed by atoms with E-state index in [4.69, 9.17) is 5.14 Å². The van der Waals surface area contributed by atoms with Gasteiger partial charge in [-0.05, 0) is 6.42 Å². The highest BCUT2D eigenvalue weighted by molar-refractivity contribution is 7.89. The number of nitrogens with two attached hydrogens (primary N) is 1. The van der Waals surface area contributed by atoms with Gasteiger partial charge in [0.25, 0.3) is 15.9 Å². The van der Waals surface area contributed by atoms with Gasteiger partial charge in [-0.1, -0.05) is 13.3 Å². The van der Waals surface area contributed by atoms with Crippen LogP contribution in [0.2, 0.25) is 0 Å². The molecule has 0 radical (unpaired) electrons. The molecule has 1 amide bonds. The van der Waals surface area contributed by atoms with Gasteiger partial charge in [-0.2, -0.15) is 5.10 Å². The molecule has 0 saturated heterocycles. The smallest absolute Gasteiger partial charge is 0.343 e. The Bertz CT molecular complexity index is 650. The molecular weight excluding hydrogens is 300 g/mol. The number of amides is 1. The van der Waals surface area contributed by atoms with Gasteiger partial charge in [0.1, 0.15) is 5.56 Å². The summed E-state index contributed by atoms with van der Waals surface area (Å²) in [6.07, 6.45) is 1.61. The maximum atomic E-state index is 12.0. The molecule has 1 aromatic heterocycles. The van der Waals surface area contributed by atoms with Gasteiger partial charge in [-0.3, -0.25) is 9.48 Å². The van der Waals surface area contributed by atoms with Crippen LogP contribution in [0.3, 0.4) is 0 Å². The first-order valence-electron chi connectivity index (χ1n) is 6.20. The minimum atomic E-state index is -4.24. The number of esters is 1. The molecule has 0 aromatic carbocycles. The Kier molecular flexibility index (Phi) is 5.44. The van der Waals surface area contributed by atoms with Crippen LogP contribution in [0.5, 0.6) is 0 Å². The molecule has 0 spiro atoms. The van der Waals surface area contributed by atoms with Gasteiger partial charge in [0, 0.05) is 13.6 Å². The summed E-state index contributed by atoms with van der Waals surface area (Å²) in [7, 11) is -1.89. The summed E-state index contributed by atoms with van der Waals surface area (Å²) in [5, 5.41) is 10.8. The first kappa shape index (κ1) is 17.1. The van der Waals surface area contributed by atoms with Gasteiger partial charge >= 0.3 is 5.97 Å². The maximum Gasteiger partial charge on any atom is 0.343 e. The van der Waals surface area contributed by atoms with E-state index in [-0.39, 0.29) is 5.69 Å². The van der Waals surface area contributed by atoms with E-state index in [9.17, 15) is 18.0 Å². The van der Waals surface area contributed by atoms with Crippen LogP contribution in [0, 0.1) is 0 Å². The minimum Gasteiger partial charge on any atom is -0.465 e. The molecule has 0 saturated carbocycles. The number of nitrogens with zero attached hydrogens (tertiary/aromatic N) is 2. The Morgan fingerprint density at radius 1 is 1.43 bits per heavy atom. The van der Waals surface area contributed by atoms with Crippen LogP contribution in [0.4, 0.5) is 0 Å². The molecule has 0 unspecified atom stereocenters. The molecule has 10 heteroatoms. The zero-order valence-corrected chi connectivity index (χ0v) is 12.9. The molecule has 0 fully saturated rings. The number of aryl methyl sites for hydroxylation is 1. The molecule has 1 rings (SSSR count). The first-order chi connectivity index (χ1) is 9.73. The number of primary sulfonamides is 1. The molecular formula is C11H18N4O5S. The molecule has 0 bridgehead atoms. The van der Waals surface area contributed by atoms with Crippen molar-refractivity contribution in [3.8, 4) is 0 Å². The fourth-order valence-electron chi connectivity index (χ4n) is 1.74. The summed E-state index contributed by atoms with van der Waals surface area (Å²) < 4.78 is 28.5. The Labute approximate surface area is 122 Å². The zero-order chi connectivity index (χ0) is 16.2. The number of rotatable bonds is 6. The fourth-order valence-corrected chi connectivity index (χ4v) is 2.62. The van der Waals surface area contributed by atoms with E-state index in [2.05, 4.69) is 15.2 Å². The Hall–Kier alpha value is -1.94. The Morgan fingerprint density at radius 3 is 2.52 bits per heavy atom. The number of carbonyl (C=O) groups is 2. The third-order valence-electron chi connectivity index (χ3n) is 2.68. The van der Waals surface area contributed by atoms with Crippen molar-refractivity contribution in [1.82, 2.24) is 15.1 Å². The summed E-state index contributed by atoms with van der Waals surface area (Å²) in [5.74, 6) is -1.65. The maximum absolute atomic E-state index is 12.0. The van der Waals surface area contributed by atoms with E-state index in [1.54, 1.807) is 0 Å². The molecule has 0 aliphatic rings. The molecule has 0 aliphatic heterocycles. The quantitative estimate of drug-likeness (QED) is 0.530. The van der Waals surface area contributed by atoms with Gasteiger partial charge in [0.15, 0.2) is 10.7 Å². The van der Waals surface area contributed by atoms with Gasteiger partial charge in [-0.15, -0.1) is 0 Å². The zero-order valence-electron chi connectivity index (χ0n) is 12.0. The van der Waals surface area contributed by atoms with Crippen LogP contribution < -0.4 is 10.5 Å². The third kappa shape index (κ3) is 3.79. The SMILES string of the molecule is CCCCNC(=O)c1nn(C)c(S(N)(=O)=O)c1C(=O)OC. The van der Waals surface area contributed by atoms with Crippen molar-refractivity contribution in [2.24, 2.45) is 12.2 Å². The van der Waals surface area contributed by atoms with Crippen molar-refractivity contribution in [3.05, 3.63) is 11.3 Å². The number of aromatic nitrogens is 2. The van der Waals surface area contributed by atoms with Crippen LogP contribution >= 0.6 is 0 Å². The second-order valence-electron chi connectivity index (χ2n) is 4.30. The number of methoxy groups -OCH3 is 1. The van der Waals surface area contributed by atoms with Crippen LogP contribution in [-0.4, -0.2) is 43.7 Å². The van der Waals surface area contributed by atoms with Crippen LogP contribution in [0.1, 0.15) is 40.6 Å². The van der Waals surface area contributed by atoms with Gasteiger partial charge in [-0.25, -0.2) is 18.4 Å². The minimum absolute atomic E-state index is 0.329. The van der Waals surface area contributed by atoms with E-state index in [0.29, 0.717) is 6.54 Å². The Morgan fingerprint density at radius 2 is 2.05 bits per heavy atom. The molecule has 0 atom stereocenters. The lowest BCUT2D eigenvalue weighted by molar-refractivity contribution is 0.0591. The molecule has 118 valence electrons. The highest BCUT2D eigenvalue weighted by Gasteiger charge is 2.32. The van der Waals surface area contributed by atoms with Crippen molar-refractivity contribution in [2.45, 2.75) is 24.8 Å². The Balaban J connectivity index is 3.33. The molecule has 0 aliphatic carbocycles. The average molecular weight is 318 g/mol. The first-order valence-corrected chi connectivity index (χ1v) is 7.75. The van der Waals surface area contributed by atoms with Crippen molar-refractivity contribution >= 4 is 21.9 Å². The molecule has 1 heterocycles. The third-order valence-corrected chi connectivity index (χ3v) is 3.69. The van der Waals surface area contributed by atoms with Crippen molar-refractivity contribution < 1.29 is 22.7 Å². The fraction of sp³-hybridized carbons (Fsp3) is 0.545. The summed E-state index contributed by atoms with van der Waals surface area (Å²) >= 11 is 0. The monoisotopic (exact) mass is 318 g/mol. The topological polar surface area (TPSA) is 133 Å². The highest BCUT2D eigenvalue weighted by atomic mass is 32.2. The number of unbranched alkanes of at least 4 members (excludes halogenated alkanes) is 1. The number of carbonyl (C=O) groups excluding carboxylic acids is 2. The van der Waals surface area contributed by atoms with Gasteiger partial charge in [0.05, 0.1) is 7.11 Å². The highest BCUT2D eigenvalue weighted by Crippen LogP contribution is 2.19. The predicted molar refractivity (Wildman–Crippen MR) is 73.2 cm³/mol. The van der Waals surface area contributed by atoms with Crippen LogP contribution in [0.25, 0.3) is 0 Å². The lowest BCUT2D eigenvalue weighted by atomic mass is 10.2.